The van der Waals surface area contributed by atoms with Crippen LogP contribution in [0.1, 0.15) is 36.8 Å². The molecule has 0 saturated carbocycles. The van der Waals surface area contributed by atoms with Crippen LogP contribution in [0.3, 0.4) is 0 Å². The van der Waals surface area contributed by atoms with Crippen molar-refractivity contribution in [2.75, 3.05) is 6.54 Å². The van der Waals surface area contributed by atoms with Gasteiger partial charge in [0.25, 0.3) is 0 Å². The van der Waals surface area contributed by atoms with Crippen molar-refractivity contribution in [2.45, 2.75) is 38.8 Å². The van der Waals surface area contributed by atoms with Crippen molar-refractivity contribution >= 4 is 0 Å². The molecule has 0 radical (unpaired) electrons. The molecular formula is C15H21NO. The molecule has 2 heteroatoms. The topological polar surface area (TPSA) is 32.3 Å². The Balaban J connectivity index is 1.67. The van der Waals surface area contributed by atoms with E-state index in [-0.39, 0.29) is 6.61 Å². The summed E-state index contributed by atoms with van der Waals surface area (Å²) in [4.78, 5) is 0. The van der Waals surface area contributed by atoms with Crippen LogP contribution in [0.5, 0.6) is 0 Å². The molecule has 0 amide bonds. The molecule has 0 saturated heterocycles. The number of aliphatic hydroxyl groups excluding tert-OH is 1. The molecule has 0 atom stereocenters. The lowest BCUT2D eigenvalue weighted by molar-refractivity contribution is 0.282. The lowest BCUT2D eigenvalue weighted by atomic mass is 10.1. The third kappa shape index (κ3) is 3.99. The Hall–Kier alpha value is -1.12. The largest absolute Gasteiger partial charge is 0.392 e. The molecule has 0 aliphatic heterocycles. The Morgan fingerprint density at radius 2 is 1.88 bits per heavy atom. The maximum atomic E-state index is 8.94. The first-order valence-electron chi connectivity index (χ1n) is 6.46. The molecule has 0 spiro atoms. The molecule has 2 rings (SSSR count). The van der Waals surface area contributed by atoms with Crippen LogP contribution in [-0.2, 0) is 13.2 Å². The first-order chi connectivity index (χ1) is 8.38. The summed E-state index contributed by atoms with van der Waals surface area (Å²) in [6.45, 7) is 2.11. The summed E-state index contributed by atoms with van der Waals surface area (Å²) >= 11 is 0. The molecule has 17 heavy (non-hydrogen) atoms. The molecule has 1 aromatic rings. The van der Waals surface area contributed by atoms with Crippen LogP contribution in [0.4, 0.5) is 0 Å². The van der Waals surface area contributed by atoms with E-state index in [1.807, 2.05) is 12.1 Å². The van der Waals surface area contributed by atoms with Gasteiger partial charge in [-0.15, -0.1) is 0 Å². The molecule has 0 aromatic heterocycles. The van der Waals surface area contributed by atoms with Gasteiger partial charge < -0.3 is 10.4 Å². The molecule has 2 N–H and O–H groups in total. The standard InChI is InChI=1S/C15H21NO/c17-12-15-7-5-14(6-8-15)11-16-10-9-13-3-1-2-4-13/h3,5-8,16-17H,1-2,4,9-12H2. The number of benzene rings is 1. The van der Waals surface area contributed by atoms with Crippen LogP contribution in [-0.4, -0.2) is 11.7 Å². The van der Waals surface area contributed by atoms with Gasteiger partial charge in [-0.3, -0.25) is 0 Å². The van der Waals surface area contributed by atoms with Gasteiger partial charge in [-0.25, -0.2) is 0 Å². The van der Waals surface area contributed by atoms with Crippen molar-refractivity contribution < 1.29 is 5.11 Å². The molecule has 2 nitrogen and oxygen atoms in total. The fourth-order valence-corrected chi connectivity index (χ4v) is 2.21. The van der Waals surface area contributed by atoms with Crippen LogP contribution in [0.15, 0.2) is 35.9 Å². The summed E-state index contributed by atoms with van der Waals surface area (Å²) < 4.78 is 0. The molecule has 1 aliphatic rings. The monoisotopic (exact) mass is 231 g/mol. The number of aliphatic hydroxyl groups is 1. The van der Waals surface area contributed by atoms with Crippen molar-refractivity contribution in [3.05, 3.63) is 47.0 Å². The van der Waals surface area contributed by atoms with Crippen molar-refractivity contribution in [1.82, 2.24) is 5.32 Å². The SMILES string of the molecule is OCc1ccc(CNCCC2=CCCC2)cc1. The minimum Gasteiger partial charge on any atom is -0.392 e. The van der Waals surface area contributed by atoms with E-state index >= 15 is 0 Å². The molecule has 92 valence electrons. The Bertz CT molecular complexity index is 367. The van der Waals surface area contributed by atoms with E-state index in [0.29, 0.717) is 0 Å². The van der Waals surface area contributed by atoms with Gasteiger partial charge in [0.1, 0.15) is 0 Å². The van der Waals surface area contributed by atoms with Gasteiger partial charge in [-0.05, 0) is 43.4 Å². The quantitative estimate of drug-likeness (QED) is 0.583. The first kappa shape index (κ1) is 12.3. The number of nitrogens with one attached hydrogen (secondary N) is 1. The van der Waals surface area contributed by atoms with Gasteiger partial charge in [0.15, 0.2) is 0 Å². The van der Waals surface area contributed by atoms with E-state index in [2.05, 4.69) is 23.5 Å². The molecule has 1 aromatic carbocycles. The Labute approximate surface area is 103 Å². The highest BCUT2D eigenvalue weighted by Crippen LogP contribution is 2.19. The van der Waals surface area contributed by atoms with Crippen LogP contribution >= 0.6 is 0 Å². The zero-order chi connectivity index (χ0) is 11.9. The zero-order valence-corrected chi connectivity index (χ0v) is 10.3. The van der Waals surface area contributed by atoms with E-state index in [4.69, 9.17) is 5.11 Å². The Morgan fingerprint density at radius 3 is 2.53 bits per heavy atom. The second kappa shape index (κ2) is 6.58. The van der Waals surface area contributed by atoms with Crippen molar-refractivity contribution in [3.63, 3.8) is 0 Å². The number of rotatable bonds is 6. The summed E-state index contributed by atoms with van der Waals surface area (Å²) in [5, 5.41) is 12.4. The first-order valence-corrected chi connectivity index (χ1v) is 6.46. The maximum Gasteiger partial charge on any atom is 0.0681 e. The van der Waals surface area contributed by atoms with Crippen LogP contribution < -0.4 is 5.32 Å². The third-order valence-electron chi connectivity index (χ3n) is 3.29. The van der Waals surface area contributed by atoms with Gasteiger partial charge in [0, 0.05) is 6.54 Å². The minimum atomic E-state index is 0.127. The second-order valence-corrected chi connectivity index (χ2v) is 4.66. The molecular weight excluding hydrogens is 210 g/mol. The normalized spacial score (nSPS) is 15.0. The van der Waals surface area contributed by atoms with Gasteiger partial charge in [-0.1, -0.05) is 35.9 Å². The second-order valence-electron chi connectivity index (χ2n) is 4.66. The van der Waals surface area contributed by atoms with E-state index in [9.17, 15) is 0 Å². The molecule has 0 unspecified atom stereocenters. The van der Waals surface area contributed by atoms with E-state index < -0.39 is 0 Å². The summed E-state index contributed by atoms with van der Waals surface area (Å²) in [5.74, 6) is 0. The highest BCUT2D eigenvalue weighted by atomic mass is 16.3. The smallest absolute Gasteiger partial charge is 0.0681 e. The summed E-state index contributed by atoms with van der Waals surface area (Å²) in [7, 11) is 0. The Kier molecular flexibility index (Phi) is 4.77. The summed E-state index contributed by atoms with van der Waals surface area (Å²) in [6, 6.07) is 8.12. The highest BCUT2D eigenvalue weighted by Gasteiger charge is 2.03. The van der Waals surface area contributed by atoms with Crippen molar-refractivity contribution in [3.8, 4) is 0 Å². The zero-order valence-electron chi connectivity index (χ0n) is 10.3. The van der Waals surface area contributed by atoms with E-state index in [1.54, 1.807) is 5.57 Å². The molecule has 0 fully saturated rings. The van der Waals surface area contributed by atoms with E-state index in [0.717, 1.165) is 18.7 Å². The summed E-state index contributed by atoms with van der Waals surface area (Å²) in [6.07, 6.45) is 7.50. The number of hydrogen-bond acceptors (Lipinski definition) is 2. The predicted molar refractivity (Wildman–Crippen MR) is 70.6 cm³/mol. The van der Waals surface area contributed by atoms with Gasteiger partial charge in [0.05, 0.1) is 6.61 Å². The molecule has 1 aliphatic carbocycles. The lowest BCUT2D eigenvalue weighted by Crippen LogP contribution is -2.15. The van der Waals surface area contributed by atoms with Crippen LogP contribution in [0.25, 0.3) is 0 Å². The maximum absolute atomic E-state index is 8.94. The fourth-order valence-electron chi connectivity index (χ4n) is 2.21. The Morgan fingerprint density at radius 1 is 1.12 bits per heavy atom. The predicted octanol–water partition coefficient (Wildman–Crippen LogP) is 2.77. The van der Waals surface area contributed by atoms with Crippen LogP contribution in [0, 0.1) is 0 Å². The van der Waals surface area contributed by atoms with E-state index in [1.165, 1.54) is 31.2 Å². The average molecular weight is 231 g/mol. The minimum absolute atomic E-state index is 0.127. The summed E-state index contributed by atoms with van der Waals surface area (Å²) in [5.41, 5.74) is 3.88. The van der Waals surface area contributed by atoms with Gasteiger partial charge in [0.2, 0.25) is 0 Å². The lowest BCUT2D eigenvalue weighted by Gasteiger charge is -2.06. The van der Waals surface area contributed by atoms with Crippen LogP contribution in [0.2, 0.25) is 0 Å². The number of allylic oxidation sites excluding steroid dienone is 1. The van der Waals surface area contributed by atoms with Gasteiger partial charge in [-0.2, -0.15) is 0 Å². The molecule has 0 bridgehead atoms. The average Bonchev–Trinajstić information content (AvgIpc) is 2.88. The van der Waals surface area contributed by atoms with Crippen molar-refractivity contribution in [1.29, 1.82) is 0 Å². The third-order valence-corrected chi connectivity index (χ3v) is 3.29. The highest BCUT2D eigenvalue weighted by molar-refractivity contribution is 5.21. The molecule has 0 heterocycles. The fraction of sp³-hybridized carbons (Fsp3) is 0.467. The van der Waals surface area contributed by atoms with Gasteiger partial charge >= 0.3 is 0 Å². The number of hydrogen-bond donors (Lipinski definition) is 2. The van der Waals surface area contributed by atoms with Crippen molar-refractivity contribution in [2.24, 2.45) is 0 Å².